The molecule has 0 saturated carbocycles. The van der Waals surface area contributed by atoms with E-state index in [9.17, 15) is 4.79 Å². The lowest BCUT2D eigenvalue weighted by Gasteiger charge is -2.15. The summed E-state index contributed by atoms with van der Waals surface area (Å²) in [7, 11) is 3.21. The van der Waals surface area contributed by atoms with Crippen molar-refractivity contribution in [1.82, 2.24) is 14.9 Å². The van der Waals surface area contributed by atoms with Crippen LogP contribution in [0.5, 0.6) is 11.5 Å². The summed E-state index contributed by atoms with van der Waals surface area (Å²) in [6.07, 6.45) is 3.53. The molecule has 0 radical (unpaired) electrons. The number of hydrogen-bond donors (Lipinski definition) is 1. The summed E-state index contributed by atoms with van der Waals surface area (Å²) >= 11 is 0. The maximum Gasteiger partial charge on any atom is 0.272 e. The van der Waals surface area contributed by atoms with E-state index < -0.39 is 0 Å². The summed E-state index contributed by atoms with van der Waals surface area (Å²) in [6.45, 7) is 2.16. The first-order chi connectivity index (χ1) is 12.2. The highest BCUT2D eigenvalue weighted by Crippen LogP contribution is 2.27. The lowest BCUT2D eigenvalue weighted by atomic mass is 10.2. The summed E-state index contributed by atoms with van der Waals surface area (Å²) in [6, 6.07) is 7.41. The fraction of sp³-hybridized carbons (Fsp3) is 0.389. The lowest BCUT2D eigenvalue weighted by molar-refractivity contribution is 0.0787. The molecule has 7 heteroatoms. The molecule has 0 atom stereocenters. The van der Waals surface area contributed by atoms with Gasteiger partial charge < -0.3 is 19.7 Å². The number of benzene rings is 1. The Labute approximate surface area is 147 Å². The van der Waals surface area contributed by atoms with Gasteiger partial charge in [-0.2, -0.15) is 0 Å². The molecule has 7 nitrogen and oxygen atoms in total. The van der Waals surface area contributed by atoms with Gasteiger partial charge in [-0.3, -0.25) is 4.79 Å². The molecule has 1 aromatic carbocycles. The number of ether oxygens (including phenoxy) is 2. The van der Waals surface area contributed by atoms with Crippen molar-refractivity contribution in [2.24, 2.45) is 0 Å². The summed E-state index contributed by atoms with van der Waals surface area (Å²) in [5, 5.41) is 3.22. The number of nitrogens with zero attached hydrogens (tertiary/aromatic N) is 3. The van der Waals surface area contributed by atoms with Gasteiger partial charge in [0.2, 0.25) is 0 Å². The monoisotopic (exact) mass is 342 g/mol. The zero-order chi connectivity index (χ0) is 17.6. The number of aromatic nitrogens is 2. The van der Waals surface area contributed by atoms with Gasteiger partial charge in [-0.1, -0.05) is 6.07 Å². The molecule has 1 amide bonds. The first-order valence-electron chi connectivity index (χ1n) is 8.27. The van der Waals surface area contributed by atoms with Gasteiger partial charge in [0.15, 0.2) is 11.5 Å². The third kappa shape index (κ3) is 3.99. The minimum absolute atomic E-state index is 0.0333. The number of nitrogens with one attached hydrogen (secondary N) is 1. The first kappa shape index (κ1) is 17.0. The standard InChI is InChI=1S/C18H22N4O3/c1-24-15-6-5-13(9-16(15)25-2)11-19-17-10-14(20-12-21-17)18(23)22-7-3-4-8-22/h5-6,9-10,12H,3-4,7-8,11H2,1-2H3,(H,19,20,21). The highest BCUT2D eigenvalue weighted by molar-refractivity contribution is 5.93. The van der Waals surface area contributed by atoms with Crippen molar-refractivity contribution in [3.63, 3.8) is 0 Å². The van der Waals surface area contributed by atoms with Gasteiger partial charge in [-0.05, 0) is 30.5 Å². The van der Waals surface area contributed by atoms with Crippen molar-refractivity contribution in [2.45, 2.75) is 19.4 Å². The predicted octanol–water partition coefficient (Wildman–Crippen LogP) is 2.34. The molecule has 1 N–H and O–H groups in total. The van der Waals surface area contributed by atoms with Crippen LogP contribution in [-0.4, -0.2) is 48.1 Å². The van der Waals surface area contributed by atoms with Gasteiger partial charge >= 0.3 is 0 Å². The van der Waals surface area contributed by atoms with Crippen LogP contribution in [0.4, 0.5) is 5.82 Å². The van der Waals surface area contributed by atoms with Gasteiger partial charge in [0, 0.05) is 25.7 Å². The molecule has 0 bridgehead atoms. The van der Waals surface area contributed by atoms with E-state index in [0.29, 0.717) is 29.6 Å². The average Bonchev–Trinajstić information content (AvgIpc) is 3.20. The quantitative estimate of drug-likeness (QED) is 0.868. The minimum atomic E-state index is -0.0333. The van der Waals surface area contributed by atoms with Crippen molar-refractivity contribution >= 4 is 11.7 Å². The van der Waals surface area contributed by atoms with Gasteiger partial charge in [-0.15, -0.1) is 0 Å². The number of hydrogen-bond acceptors (Lipinski definition) is 6. The van der Waals surface area contributed by atoms with Crippen LogP contribution < -0.4 is 14.8 Å². The molecule has 1 aliphatic rings. The molecular formula is C18H22N4O3. The topological polar surface area (TPSA) is 76.6 Å². The van der Waals surface area contributed by atoms with Gasteiger partial charge in [0.25, 0.3) is 5.91 Å². The third-order valence-electron chi connectivity index (χ3n) is 4.20. The molecule has 1 saturated heterocycles. The molecule has 25 heavy (non-hydrogen) atoms. The van der Waals surface area contributed by atoms with Crippen molar-refractivity contribution in [1.29, 1.82) is 0 Å². The van der Waals surface area contributed by atoms with E-state index in [2.05, 4.69) is 15.3 Å². The summed E-state index contributed by atoms with van der Waals surface area (Å²) < 4.78 is 10.5. The van der Waals surface area contributed by atoms with Crippen LogP contribution >= 0.6 is 0 Å². The Morgan fingerprint density at radius 2 is 1.88 bits per heavy atom. The third-order valence-corrected chi connectivity index (χ3v) is 4.20. The van der Waals surface area contributed by atoms with Crippen LogP contribution in [0.15, 0.2) is 30.6 Å². The zero-order valence-corrected chi connectivity index (χ0v) is 14.5. The van der Waals surface area contributed by atoms with E-state index in [-0.39, 0.29) is 5.91 Å². The van der Waals surface area contributed by atoms with E-state index in [1.54, 1.807) is 20.3 Å². The molecule has 0 unspecified atom stereocenters. The smallest absolute Gasteiger partial charge is 0.272 e. The number of rotatable bonds is 6. The largest absolute Gasteiger partial charge is 0.493 e. The SMILES string of the molecule is COc1ccc(CNc2cc(C(=O)N3CCCC3)ncn2)cc1OC. The maximum atomic E-state index is 12.4. The van der Waals surface area contributed by atoms with Crippen LogP contribution in [0.2, 0.25) is 0 Å². The van der Waals surface area contributed by atoms with Gasteiger partial charge in [0.05, 0.1) is 14.2 Å². The van der Waals surface area contributed by atoms with Crippen molar-refractivity contribution in [2.75, 3.05) is 32.6 Å². The molecule has 3 rings (SSSR count). The molecule has 1 aromatic heterocycles. The Morgan fingerprint density at radius 3 is 2.60 bits per heavy atom. The van der Waals surface area contributed by atoms with Crippen LogP contribution in [0.25, 0.3) is 0 Å². The second kappa shape index (κ2) is 7.83. The second-order valence-electron chi connectivity index (χ2n) is 5.83. The van der Waals surface area contributed by atoms with Crippen molar-refractivity contribution < 1.29 is 14.3 Å². The van der Waals surface area contributed by atoms with E-state index in [0.717, 1.165) is 31.5 Å². The van der Waals surface area contributed by atoms with Gasteiger partial charge in [-0.25, -0.2) is 9.97 Å². The first-order valence-corrected chi connectivity index (χ1v) is 8.27. The number of anilines is 1. The minimum Gasteiger partial charge on any atom is -0.493 e. The molecule has 0 spiro atoms. The van der Waals surface area contributed by atoms with E-state index in [1.807, 2.05) is 23.1 Å². The number of carbonyl (C=O) groups excluding carboxylic acids is 1. The van der Waals surface area contributed by atoms with Crippen LogP contribution in [-0.2, 0) is 6.54 Å². The van der Waals surface area contributed by atoms with Crippen LogP contribution in [0, 0.1) is 0 Å². The molecule has 1 fully saturated rings. The molecule has 1 aliphatic heterocycles. The van der Waals surface area contributed by atoms with Crippen molar-refractivity contribution in [3.8, 4) is 11.5 Å². The summed E-state index contributed by atoms with van der Waals surface area (Å²) in [5.74, 6) is 1.95. The average molecular weight is 342 g/mol. The Hall–Kier alpha value is -2.83. The number of amides is 1. The summed E-state index contributed by atoms with van der Waals surface area (Å²) in [5.41, 5.74) is 1.44. The Morgan fingerprint density at radius 1 is 1.12 bits per heavy atom. The molecule has 0 aliphatic carbocycles. The van der Waals surface area contributed by atoms with E-state index >= 15 is 0 Å². The second-order valence-corrected chi connectivity index (χ2v) is 5.83. The Balaban J connectivity index is 1.67. The van der Waals surface area contributed by atoms with Crippen LogP contribution in [0.1, 0.15) is 28.9 Å². The predicted molar refractivity (Wildman–Crippen MR) is 94.0 cm³/mol. The molecule has 132 valence electrons. The molecule has 2 aromatic rings. The van der Waals surface area contributed by atoms with Gasteiger partial charge in [0.1, 0.15) is 17.8 Å². The number of methoxy groups -OCH3 is 2. The number of carbonyl (C=O) groups is 1. The lowest BCUT2D eigenvalue weighted by Crippen LogP contribution is -2.28. The van der Waals surface area contributed by atoms with Crippen LogP contribution in [0.3, 0.4) is 0 Å². The zero-order valence-electron chi connectivity index (χ0n) is 14.5. The van der Waals surface area contributed by atoms with E-state index in [4.69, 9.17) is 9.47 Å². The fourth-order valence-electron chi connectivity index (χ4n) is 2.84. The molecular weight excluding hydrogens is 320 g/mol. The number of likely N-dealkylation sites (tertiary alicyclic amines) is 1. The maximum absolute atomic E-state index is 12.4. The highest BCUT2D eigenvalue weighted by atomic mass is 16.5. The highest BCUT2D eigenvalue weighted by Gasteiger charge is 2.20. The Kier molecular flexibility index (Phi) is 5.33. The Bertz CT molecular complexity index is 745. The summed E-state index contributed by atoms with van der Waals surface area (Å²) in [4.78, 5) is 22.5. The normalized spacial score (nSPS) is 13.6. The fourth-order valence-corrected chi connectivity index (χ4v) is 2.84. The van der Waals surface area contributed by atoms with E-state index in [1.165, 1.54) is 6.33 Å². The molecule has 2 heterocycles. The van der Waals surface area contributed by atoms with Crippen molar-refractivity contribution in [3.05, 3.63) is 41.9 Å².